The van der Waals surface area contributed by atoms with E-state index in [2.05, 4.69) is 27.4 Å². The van der Waals surface area contributed by atoms with Crippen molar-refractivity contribution >= 4 is 11.3 Å². The van der Waals surface area contributed by atoms with Crippen LogP contribution in [-0.2, 0) is 0 Å². The number of hydrogen-bond acceptors (Lipinski definition) is 3. The van der Waals surface area contributed by atoms with Gasteiger partial charge in [0.15, 0.2) is 0 Å². The van der Waals surface area contributed by atoms with Crippen LogP contribution >= 0.6 is 0 Å². The summed E-state index contributed by atoms with van der Waals surface area (Å²) in [7, 11) is 2.17. The van der Waals surface area contributed by atoms with Crippen molar-refractivity contribution in [3.8, 4) is 0 Å². The quantitative estimate of drug-likeness (QED) is 0.811. The van der Waals surface area contributed by atoms with E-state index in [-0.39, 0.29) is 0 Å². The van der Waals surface area contributed by atoms with Crippen molar-refractivity contribution < 1.29 is 0 Å². The van der Waals surface area contributed by atoms with Gasteiger partial charge in [-0.25, -0.2) is 4.98 Å². The molecule has 1 aliphatic rings. The fourth-order valence-electron chi connectivity index (χ4n) is 2.76. The minimum Gasteiger partial charge on any atom is -0.385 e. The predicted molar refractivity (Wildman–Crippen MR) is 69.1 cm³/mol. The largest absolute Gasteiger partial charge is 0.385 e. The molecule has 1 aliphatic heterocycles. The number of nitrogens with zero attached hydrogens (tertiary/aromatic N) is 3. The van der Waals surface area contributed by atoms with E-state index in [0.29, 0.717) is 5.92 Å². The number of nitrogen functional groups attached to an aromatic ring is 1. The molecule has 0 spiro atoms. The Balaban J connectivity index is 2.05. The van der Waals surface area contributed by atoms with Crippen LogP contribution in [0.5, 0.6) is 0 Å². The second kappa shape index (κ2) is 4.04. The van der Waals surface area contributed by atoms with Gasteiger partial charge in [-0.05, 0) is 38.6 Å². The molecule has 1 fully saturated rings. The van der Waals surface area contributed by atoms with Crippen molar-refractivity contribution in [3.63, 3.8) is 0 Å². The zero-order valence-electron chi connectivity index (χ0n) is 10.1. The normalized spacial score (nSPS) is 22.1. The van der Waals surface area contributed by atoms with Crippen molar-refractivity contribution in [1.29, 1.82) is 0 Å². The topological polar surface area (TPSA) is 46.6 Å². The second-order valence-electron chi connectivity index (χ2n) is 4.93. The van der Waals surface area contributed by atoms with Crippen molar-refractivity contribution in [2.45, 2.75) is 18.8 Å². The summed E-state index contributed by atoms with van der Waals surface area (Å²) < 4.78 is 2.09. The molecule has 90 valence electrons. The third-order valence-electron chi connectivity index (χ3n) is 3.60. The van der Waals surface area contributed by atoms with Crippen molar-refractivity contribution in [2.75, 3.05) is 25.9 Å². The molecule has 1 atom stereocenters. The third kappa shape index (κ3) is 1.78. The van der Waals surface area contributed by atoms with Crippen LogP contribution in [-0.4, -0.2) is 34.4 Å². The summed E-state index contributed by atoms with van der Waals surface area (Å²) >= 11 is 0. The number of likely N-dealkylation sites (tertiary alicyclic amines) is 1. The molecule has 2 aromatic rings. The maximum absolute atomic E-state index is 6.05. The second-order valence-corrected chi connectivity index (χ2v) is 4.93. The first-order chi connectivity index (χ1) is 8.25. The van der Waals surface area contributed by atoms with Crippen LogP contribution in [0.3, 0.4) is 0 Å². The summed E-state index contributed by atoms with van der Waals surface area (Å²) in [4.78, 5) is 6.94. The van der Waals surface area contributed by atoms with Crippen LogP contribution in [0, 0.1) is 0 Å². The molecule has 1 saturated heterocycles. The number of imidazole rings is 1. The number of likely N-dealkylation sites (N-methyl/N-ethyl adjacent to an activating group) is 1. The van der Waals surface area contributed by atoms with Gasteiger partial charge < -0.3 is 10.6 Å². The van der Waals surface area contributed by atoms with Crippen molar-refractivity contribution in [1.82, 2.24) is 14.3 Å². The molecule has 0 aliphatic carbocycles. The van der Waals surface area contributed by atoms with E-state index in [0.717, 1.165) is 23.7 Å². The number of hydrogen-bond donors (Lipinski definition) is 1. The number of aromatic nitrogens is 2. The lowest BCUT2D eigenvalue weighted by Gasteiger charge is -2.29. The average molecular weight is 230 g/mol. The van der Waals surface area contributed by atoms with Crippen LogP contribution in [0.25, 0.3) is 5.52 Å². The first kappa shape index (κ1) is 10.6. The lowest BCUT2D eigenvalue weighted by atomic mass is 9.98. The highest BCUT2D eigenvalue weighted by atomic mass is 15.1. The number of pyridine rings is 1. The van der Waals surface area contributed by atoms with Crippen LogP contribution in [0.15, 0.2) is 24.4 Å². The smallest absolute Gasteiger partial charge is 0.119 e. The zero-order chi connectivity index (χ0) is 11.8. The van der Waals surface area contributed by atoms with Gasteiger partial charge in [0.2, 0.25) is 0 Å². The van der Waals surface area contributed by atoms with Gasteiger partial charge in [0.05, 0.1) is 11.7 Å². The molecular weight excluding hydrogens is 212 g/mol. The molecule has 2 aromatic heterocycles. The Kier molecular flexibility index (Phi) is 2.52. The molecule has 0 saturated carbocycles. The molecule has 17 heavy (non-hydrogen) atoms. The molecule has 3 rings (SSSR count). The standard InChI is InChI=1S/C13H18N4/c1-16-7-3-4-10(9-16)13-15-8-11-5-2-6-12(14)17(11)13/h2,5-6,8,10H,3-4,7,9,14H2,1H3. The lowest BCUT2D eigenvalue weighted by Crippen LogP contribution is -2.31. The Bertz CT molecular complexity index is 531. The highest BCUT2D eigenvalue weighted by Crippen LogP contribution is 2.27. The fourth-order valence-corrected chi connectivity index (χ4v) is 2.76. The predicted octanol–water partition coefficient (Wildman–Crippen LogP) is 1.73. The number of fused-ring (bicyclic) bond motifs is 1. The number of piperidine rings is 1. The molecule has 0 amide bonds. The number of anilines is 1. The minimum atomic E-state index is 0.501. The van der Waals surface area contributed by atoms with E-state index < -0.39 is 0 Å². The van der Waals surface area contributed by atoms with Crippen LogP contribution in [0.4, 0.5) is 5.82 Å². The van der Waals surface area contributed by atoms with Crippen molar-refractivity contribution in [2.24, 2.45) is 0 Å². The summed E-state index contributed by atoms with van der Waals surface area (Å²) in [6, 6.07) is 5.97. The molecule has 0 bridgehead atoms. The third-order valence-corrected chi connectivity index (χ3v) is 3.60. The highest BCUT2D eigenvalue weighted by molar-refractivity contribution is 5.53. The first-order valence-corrected chi connectivity index (χ1v) is 6.16. The summed E-state index contributed by atoms with van der Waals surface area (Å²) in [5.74, 6) is 2.40. The van der Waals surface area contributed by atoms with E-state index in [1.807, 2.05) is 18.3 Å². The Hall–Kier alpha value is -1.55. The van der Waals surface area contributed by atoms with Gasteiger partial charge >= 0.3 is 0 Å². The van der Waals surface area contributed by atoms with Crippen molar-refractivity contribution in [3.05, 3.63) is 30.2 Å². The maximum atomic E-state index is 6.05. The SMILES string of the molecule is CN1CCCC(c2ncc3cccc(N)n23)C1. The van der Waals surface area contributed by atoms with Gasteiger partial charge in [0.25, 0.3) is 0 Å². The Morgan fingerprint density at radius 1 is 1.41 bits per heavy atom. The van der Waals surface area contributed by atoms with E-state index in [1.54, 1.807) is 0 Å². The van der Waals surface area contributed by atoms with Gasteiger partial charge in [0.1, 0.15) is 11.6 Å². The van der Waals surface area contributed by atoms with Crippen LogP contribution in [0.2, 0.25) is 0 Å². The van der Waals surface area contributed by atoms with Crippen LogP contribution in [0.1, 0.15) is 24.6 Å². The van der Waals surface area contributed by atoms with E-state index >= 15 is 0 Å². The Morgan fingerprint density at radius 2 is 2.29 bits per heavy atom. The lowest BCUT2D eigenvalue weighted by molar-refractivity contribution is 0.245. The Morgan fingerprint density at radius 3 is 3.12 bits per heavy atom. The summed E-state index contributed by atoms with van der Waals surface area (Å²) in [5.41, 5.74) is 7.14. The highest BCUT2D eigenvalue weighted by Gasteiger charge is 2.23. The Labute approximate surface area is 101 Å². The molecule has 4 nitrogen and oxygen atoms in total. The van der Waals surface area contributed by atoms with Gasteiger partial charge in [-0.1, -0.05) is 6.07 Å². The first-order valence-electron chi connectivity index (χ1n) is 6.16. The van der Waals surface area contributed by atoms with Gasteiger partial charge in [-0.15, -0.1) is 0 Å². The molecule has 3 heterocycles. The molecule has 4 heteroatoms. The number of nitrogens with two attached hydrogens (primary N) is 1. The monoisotopic (exact) mass is 230 g/mol. The van der Waals surface area contributed by atoms with Gasteiger partial charge in [-0.2, -0.15) is 0 Å². The van der Waals surface area contributed by atoms with E-state index in [4.69, 9.17) is 5.73 Å². The van der Waals surface area contributed by atoms with E-state index in [9.17, 15) is 0 Å². The molecular formula is C13H18N4. The molecule has 1 unspecified atom stereocenters. The summed E-state index contributed by atoms with van der Waals surface area (Å²) in [5, 5.41) is 0. The molecule has 2 N–H and O–H groups in total. The molecule has 0 radical (unpaired) electrons. The van der Waals surface area contributed by atoms with E-state index in [1.165, 1.54) is 19.4 Å². The van der Waals surface area contributed by atoms with Gasteiger partial charge in [0, 0.05) is 12.5 Å². The van der Waals surface area contributed by atoms with Gasteiger partial charge in [-0.3, -0.25) is 4.40 Å². The summed E-state index contributed by atoms with van der Waals surface area (Å²) in [6.07, 6.45) is 4.36. The molecule has 0 aromatic carbocycles. The average Bonchev–Trinajstić information content (AvgIpc) is 2.74. The summed E-state index contributed by atoms with van der Waals surface area (Å²) in [6.45, 7) is 2.27. The fraction of sp³-hybridized carbons (Fsp3) is 0.462. The zero-order valence-corrected chi connectivity index (χ0v) is 10.1. The minimum absolute atomic E-state index is 0.501. The number of rotatable bonds is 1. The van der Waals surface area contributed by atoms with Crippen LogP contribution < -0.4 is 5.73 Å². The maximum Gasteiger partial charge on any atom is 0.119 e.